The van der Waals surface area contributed by atoms with Crippen molar-refractivity contribution in [2.45, 2.75) is 25.5 Å². The minimum absolute atomic E-state index is 0.160. The first-order valence-electron chi connectivity index (χ1n) is 6.64. The van der Waals surface area contributed by atoms with Crippen LogP contribution in [-0.4, -0.2) is 6.04 Å². The number of hydrogen-bond donors (Lipinski definition) is 1. The second-order valence-corrected chi connectivity index (χ2v) is 6.42. The van der Waals surface area contributed by atoms with E-state index in [1.807, 2.05) is 31.2 Å². The fourth-order valence-corrected chi connectivity index (χ4v) is 2.87. The molecule has 2 atom stereocenters. The van der Waals surface area contributed by atoms with Gasteiger partial charge < -0.3 is 10.5 Å². The van der Waals surface area contributed by atoms with Crippen molar-refractivity contribution in [2.75, 3.05) is 0 Å². The summed E-state index contributed by atoms with van der Waals surface area (Å²) in [6.07, 6.45) is 0.469. The molecule has 0 aromatic heterocycles. The molecule has 2 aromatic carbocycles. The second-order valence-electron chi connectivity index (χ2n) is 4.71. The van der Waals surface area contributed by atoms with Gasteiger partial charge in [-0.1, -0.05) is 41.1 Å². The van der Waals surface area contributed by atoms with E-state index in [9.17, 15) is 4.39 Å². The Morgan fingerprint density at radius 2 is 1.86 bits per heavy atom. The molecule has 2 rings (SSSR count). The summed E-state index contributed by atoms with van der Waals surface area (Å²) < 4.78 is 20.6. The Labute approximate surface area is 140 Å². The third-order valence-electron chi connectivity index (χ3n) is 3.23. The fourth-order valence-electron chi connectivity index (χ4n) is 2.00. The first-order valence-corrected chi connectivity index (χ1v) is 8.23. The first kappa shape index (κ1) is 16.5. The maximum absolute atomic E-state index is 13.3. The van der Waals surface area contributed by atoms with Gasteiger partial charge in [0, 0.05) is 16.1 Å². The smallest absolute Gasteiger partial charge is 0.140 e. The van der Waals surface area contributed by atoms with Crippen LogP contribution in [0.2, 0.25) is 0 Å². The Bertz CT molecular complexity index is 621. The molecule has 0 aliphatic rings. The largest absolute Gasteiger partial charge is 0.484 e. The Morgan fingerprint density at radius 1 is 1.14 bits per heavy atom. The predicted octanol–water partition coefficient (Wildman–Crippen LogP) is 5.21. The van der Waals surface area contributed by atoms with Crippen LogP contribution in [0.3, 0.4) is 0 Å². The van der Waals surface area contributed by atoms with Gasteiger partial charge in [-0.2, -0.15) is 0 Å². The summed E-state index contributed by atoms with van der Waals surface area (Å²) in [5.74, 6) is 0.257. The van der Waals surface area contributed by atoms with Crippen molar-refractivity contribution in [2.24, 2.45) is 5.73 Å². The molecule has 2 N–H and O–H groups in total. The van der Waals surface area contributed by atoms with E-state index in [1.165, 1.54) is 6.07 Å². The summed E-state index contributed by atoms with van der Waals surface area (Å²) in [5.41, 5.74) is 7.18. The molecule has 0 aliphatic heterocycles. The van der Waals surface area contributed by atoms with Gasteiger partial charge in [-0.25, -0.2) is 4.39 Å². The molecule has 0 heterocycles. The van der Waals surface area contributed by atoms with Crippen LogP contribution in [0.1, 0.15) is 25.0 Å². The van der Waals surface area contributed by atoms with Gasteiger partial charge in [-0.15, -0.1) is 0 Å². The van der Waals surface area contributed by atoms with Crippen molar-refractivity contribution < 1.29 is 9.13 Å². The molecule has 2 nitrogen and oxygen atoms in total. The lowest BCUT2D eigenvalue weighted by atomic mass is 10.0. The first-order chi connectivity index (χ1) is 10.0. The molecule has 2 unspecified atom stereocenters. The Morgan fingerprint density at radius 3 is 2.48 bits per heavy atom. The van der Waals surface area contributed by atoms with Gasteiger partial charge in [0.25, 0.3) is 0 Å². The zero-order valence-corrected chi connectivity index (χ0v) is 14.7. The summed E-state index contributed by atoms with van der Waals surface area (Å²) in [6.45, 7) is 2.01. The second kappa shape index (κ2) is 7.38. The van der Waals surface area contributed by atoms with Gasteiger partial charge in [-0.05, 0) is 46.6 Å². The topological polar surface area (TPSA) is 35.2 Å². The van der Waals surface area contributed by atoms with E-state index in [0.717, 1.165) is 16.5 Å². The summed E-state index contributed by atoms with van der Waals surface area (Å²) >= 11 is 6.69. The lowest BCUT2D eigenvalue weighted by Crippen LogP contribution is -2.31. The van der Waals surface area contributed by atoms with E-state index in [1.54, 1.807) is 12.1 Å². The normalized spacial score (nSPS) is 13.8. The van der Waals surface area contributed by atoms with Gasteiger partial charge in [0.15, 0.2) is 0 Å². The highest BCUT2D eigenvalue weighted by Gasteiger charge is 2.22. The summed E-state index contributed by atoms with van der Waals surface area (Å²) in [7, 11) is 0. The molecule has 0 amide bonds. The Hall–Kier alpha value is -0.910. The molecule has 0 saturated heterocycles. The number of ether oxygens (including phenoxy) is 1. The molecule has 0 fully saturated rings. The standard InChI is InChI=1S/C16H16Br2FNO/c1-2-15(20)16(11-5-3-4-6-12(11)17)21-10-7-8-14(19)13(18)9-10/h3-9,15-16H,2,20H2,1H3. The average Bonchev–Trinajstić information content (AvgIpc) is 2.48. The van der Waals surface area contributed by atoms with E-state index in [0.29, 0.717) is 10.2 Å². The van der Waals surface area contributed by atoms with E-state index in [-0.39, 0.29) is 18.0 Å². The Balaban J connectivity index is 2.33. The summed E-state index contributed by atoms with van der Waals surface area (Å²) in [5, 5.41) is 0. The van der Waals surface area contributed by atoms with E-state index >= 15 is 0 Å². The molecular formula is C16H16Br2FNO. The minimum atomic E-state index is -0.320. The monoisotopic (exact) mass is 415 g/mol. The quantitative estimate of drug-likeness (QED) is 0.726. The average molecular weight is 417 g/mol. The molecule has 0 bridgehead atoms. The van der Waals surface area contributed by atoms with Gasteiger partial charge in [0.2, 0.25) is 0 Å². The fraction of sp³-hybridized carbons (Fsp3) is 0.250. The highest BCUT2D eigenvalue weighted by atomic mass is 79.9. The van der Waals surface area contributed by atoms with Gasteiger partial charge in [-0.3, -0.25) is 0 Å². The van der Waals surface area contributed by atoms with E-state index in [4.69, 9.17) is 10.5 Å². The van der Waals surface area contributed by atoms with Crippen molar-refractivity contribution in [1.29, 1.82) is 0 Å². The van der Waals surface area contributed by atoms with Gasteiger partial charge in [0.05, 0.1) is 4.47 Å². The Kier molecular flexibility index (Phi) is 5.79. The van der Waals surface area contributed by atoms with Gasteiger partial charge >= 0.3 is 0 Å². The molecule has 2 aromatic rings. The minimum Gasteiger partial charge on any atom is -0.484 e. The van der Waals surface area contributed by atoms with Crippen LogP contribution in [-0.2, 0) is 0 Å². The van der Waals surface area contributed by atoms with Crippen LogP contribution in [0.5, 0.6) is 5.75 Å². The molecule has 5 heteroatoms. The van der Waals surface area contributed by atoms with Crippen molar-refractivity contribution in [3.05, 3.63) is 62.8 Å². The lowest BCUT2D eigenvalue weighted by molar-refractivity contribution is 0.170. The lowest BCUT2D eigenvalue weighted by Gasteiger charge is -2.25. The molecular weight excluding hydrogens is 401 g/mol. The van der Waals surface area contributed by atoms with Crippen molar-refractivity contribution in [3.63, 3.8) is 0 Å². The van der Waals surface area contributed by atoms with Crippen molar-refractivity contribution in [3.8, 4) is 5.75 Å². The molecule has 112 valence electrons. The number of hydrogen-bond acceptors (Lipinski definition) is 2. The van der Waals surface area contributed by atoms with Crippen LogP contribution < -0.4 is 10.5 Å². The van der Waals surface area contributed by atoms with Crippen LogP contribution in [0.25, 0.3) is 0 Å². The third kappa shape index (κ3) is 4.05. The molecule has 21 heavy (non-hydrogen) atoms. The molecule has 0 aliphatic carbocycles. The zero-order chi connectivity index (χ0) is 15.4. The van der Waals surface area contributed by atoms with Crippen LogP contribution in [0, 0.1) is 5.82 Å². The molecule has 0 saturated carbocycles. The van der Waals surface area contributed by atoms with E-state index in [2.05, 4.69) is 31.9 Å². The molecule has 0 radical (unpaired) electrons. The van der Waals surface area contributed by atoms with Crippen molar-refractivity contribution in [1.82, 2.24) is 0 Å². The van der Waals surface area contributed by atoms with Crippen LogP contribution in [0.15, 0.2) is 51.4 Å². The predicted molar refractivity (Wildman–Crippen MR) is 89.9 cm³/mol. The zero-order valence-electron chi connectivity index (χ0n) is 11.5. The van der Waals surface area contributed by atoms with Gasteiger partial charge in [0.1, 0.15) is 17.7 Å². The number of nitrogens with two attached hydrogens (primary N) is 1. The summed E-state index contributed by atoms with van der Waals surface area (Å²) in [4.78, 5) is 0. The SMILES string of the molecule is CCC(N)C(Oc1ccc(F)c(Br)c1)c1ccccc1Br. The molecule has 0 spiro atoms. The maximum Gasteiger partial charge on any atom is 0.140 e. The summed E-state index contributed by atoms with van der Waals surface area (Å²) in [6, 6.07) is 12.2. The number of benzene rings is 2. The maximum atomic E-state index is 13.3. The van der Waals surface area contributed by atoms with E-state index < -0.39 is 0 Å². The third-order valence-corrected chi connectivity index (χ3v) is 4.56. The highest BCUT2D eigenvalue weighted by Crippen LogP contribution is 2.32. The highest BCUT2D eigenvalue weighted by molar-refractivity contribution is 9.10. The van der Waals surface area contributed by atoms with Crippen LogP contribution in [0.4, 0.5) is 4.39 Å². The van der Waals surface area contributed by atoms with Crippen LogP contribution >= 0.6 is 31.9 Å². The number of halogens is 3. The number of rotatable bonds is 5. The van der Waals surface area contributed by atoms with Crippen molar-refractivity contribution >= 4 is 31.9 Å².